The number of nitrogens with zero attached hydrogens (tertiary/aromatic N) is 2. The summed E-state index contributed by atoms with van der Waals surface area (Å²) < 4.78 is 0. The molecule has 3 nitrogen and oxygen atoms in total. The molecule has 1 fully saturated rings. The number of carbonyl (C=O) groups excluding carboxylic acids is 1. The first-order valence-electron chi connectivity index (χ1n) is 7.70. The average Bonchev–Trinajstić information content (AvgIpc) is 2.79. The van der Waals surface area contributed by atoms with E-state index in [4.69, 9.17) is 0 Å². The minimum Gasteiger partial charge on any atom is -0.301 e. The van der Waals surface area contributed by atoms with E-state index in [1.54, 1.807) is 11.3 Å². The van der Waals surface area contributed by atoms with Crippen molar-refractivity contribution in [1.29, 1.82) is 0 Å². The highest BCUT2D eigenvalue weighted by atomic mass is 32.1. The third-order valence-corrected chi connectivity index (χ3v) is 5.28. The highest BCUT2D eigenvalue weighted by Crippen LogP contribution is 2.30. The molecule has 112 valence electrons. The Morgan fingerprint density at radius 3 is 2.95 bits per heavy atom. The summed E-state index contributed by atoms with van der Waals surface area (Å²) in [6, 6.07) is 0. The zero-order valence-corrected chi connectivity index (χ0v) is 13.7. The van der Waals surface area contributed by atoms with Crippen LogP contribution < -0.4 is 0 Å². The van der Waals surface area contributed by atoms with Crippen molar-refractivity contribution < 1.29 is 4.79 Å². The predicted molar refractivity (Wildman–Crippen MR) is 83.9 cm³/mol. The molecule has 1 aliphatic rings. The fraction of sp³-hybridized carbons (Fsp3) is 0.750. The second kappa shape index (κ2) is 7.32. The summed E-state index contributed by atoms with van der Waals surface area (Å²) in [4.78, 5) is 20.0. The molecular weight excluding hydrogens is 268 g/mol. The van der Waals surface area contributed by atoms with E-state index in [0.29, 0.717) is 5.78 Å². The molecule has 1 saturated carbocycles. The lowest BCUT2D eigenvalue weighted by Gasteiger charge is -2.30. The van der Waals surface area contributed by atoms with E-state index in [1.807, 2.05) is 5.51 Å². The van der Waals surface area contributed by atoms with Crippen LogP contribution in [0.1, 0.15) is 49.6 Å². The van der Waals surface area contributed by atoms with Crippen LogP contribution in [0, 0.1) is 18.8 Å². The third kappa shape index (κ3) is 4.13. The summed E-state index contributed by atoms with van der Waals surface area (Å²) in [5, 5.41) is 0. The Balaban J connectivity index is 1.87. The highest BCUT2D eigenvalue weighted by molar-refractivity contribution is 7.09. The summed E-state index contributed by atoms with van der Waals surface area (Å²) in [6.07, 6.45) is 5.52. The quantitative estimate of drug-likeness (QED) is 0.802. The maximum absolute atomic E-state index is 12.1. The second-order valence-electron chi connectivity index (χ2n) is 6.15. The molecule has 20 heavy (non-hydrogen) atoms. The van der Waals surface area contributed by atoms with Gasteiger partial charge in [0.25, 0.3) is 0 Å². The fourth-order valence-electron chi connectivity index (χ4n) is 3.21. The molecule has 2 unspecified atom stereocenters. The number of hydrogen-bond acceptors (Lipinski definition) is 4. The molecule has 0 bridgehead atoms. The maximum atomic E-state index is 12.1. The zero-order valence-electron chi connectivity index (χ0n) is 12.9. The summed E-state index contributed by atoms with van der Waals surface area (Å²) in [7, 11) is 2.12. The van der Waals surface area contributed by atoms with Gasteiger partial charge >= 0.3 is 0 Å². The van der Waals surface area contributed by atoms with Crippen molar-refractivity contribution in [2.75, 3.05) is 13.6 Å². The van der Waals surface area contributed by atoms with Gasteiger partial charge in [0.15, 0.2) is 0 Å². The molecule has 1 aromatic rings. The standard InChI is InChI=1S/C16H26N2OS/c1-4-5-13-6-7-15(19)14(8-13)9-18(3)10-16-12(2)17-11-20-16/h11,13-14H,4-10H2,1-3H3. The number of rotatable bonds is 6. The molecule has 1 aromatic heterocycles. The lowest BCUT2D eigenvalue weighted by Crippen LogP contribution is -2.34. The Bertz CT molecular complexity index is 443. The molecular formula is C16H26N2OS. The average molecular weight is 294 g/mol. The Kier molecular flexibility index (Phi) is 5.73. The minimum absolute atomic E-state index is 0.249. The van der Waals surface area contributed by atoms with Crippen LogP contribution in [0.4, 0.5) is 0 Å². The molecule has 0 radical (unpaired) electrons. The number of hydrogen-bond donors (Lipinski definition) is 0. The van der Waals surface area contributed by atoms with Gasteiger partial charge in [-0.3, -0.25) is 4.79 Å². The van der Waals surface area contributed by atoms with Crippen LogP contribution in [0.3, 0.4) is 0 Å². The van der Waals surface area contributed by atoms with Crippen LogP contribution in [0.15, 0.2) is 5.51 Å². The summed E-state index contributed by atoms with van der Waals surface area (Å²) in [5.41, 5.74) is 3.03. The summed E-state index contributed by atoms with van der Waals surface area (Å²) in [6.45, 7) is 6.11. The van der Waals surface area contributed by atoms with Crippen molar-refractivity contribution >= 4 is 17.1 Å². The normalized spacial score (nSPS) is 23.5. The highest BCUT2D eigenvalue weighted by Gasteiger charge is 2.29. The molecule has 2 atom stereocenters. The van der Waals surface area contributed by atoms with E-state index in [1.165, 1.54) is 17.7 Å². The Hall–Kier alpha value is -0.740. The van der Waals surface area contributed by atoms with Gasteiger partial charge in [0.1, 0.15) is 5.78 Å². The molecule has 0 spiro atoms. The molecule has 2 rings (SSSR count). The van der Waals surface area contributed by atoms with Gasteiger partial charge < -0.3 is 4.90 Å². The van der Waals surface area contributed by atoms with Gasteiger partial charge in [-0.1, -0.05) is 19.8 Å². The van der Waals surface area contributed by atoms with Gasteiger partial charge in [0, 0.05) is 30.3 Å². The number of carbonyl (C=O) groups is 1. The van der Waals surface area contributed by atoms with Crippen molar-refractivity contribution in [1.82, 2.24) is 9.88 Å². The van der Waals surface area contributed by atoms with Crippen molar-refractivity contribution in [3.8, 4) is 0 Å². The van der Waals surface area contributed by atoms with E-state index >= 15 is 0 Å². The predicted octanol–water partition coefficient (Wildman–Crippen LogP) is 3.67. The van der Waals surface area contributed by atoms with E-state index in [2.05, 4.69) is 30.8 Å². The molecule has 0 saturated heterocycles. The van der Waals surface area contributed by atoms with Gasteiger partial charge in [-0.15, -0.1) is 11.3 Å². The van der Waals surface area contributed by atoms with Gasteiger partial charge in [0.2, 0.25) is 0 Å². The number of thiazole rings is 1. The van der Waals surface area contributed by atoms with Crippen molar-refractivity contribution in [3.63, 3.8) is 0 Å². The Labute approximate surface area is 126 Å². The van der Waals surface area contributed by atoms with Crippen molar-refractivity contribution in [2.45, 2.75) is 52.5 Å². The van der Waals surface area contributed by atoms with E-state index in [9.17, 15) is 4.79 Å². The molecule has 1 heterocycles. The van der Waals surface area contributed by atoms with Crippen LogP contribution in [0.25, 0.3) is 0 Å². The maximum Gasteiger partial charge on any atom is 0.137 e. The van der Waals surface area contributed by atoms with Crippen molar-refractivity contribution in [2.24, 2.45) is 11.8 Å². The van der Waals surface area contributed by atoms with Gasteiger partial charge in [0.05, 0.1) is 11.2 Å². The largest absolute Gasteiger partial charge is 0.301 e. The fourth-order valence-corrected chi connectivity index (χ4v) is 4.07. The first kappa shape index (κ1) is 15.6. The lowest BCUT2D eigenvalue weighted by molar-refractivity contribution is -0.126. The van der Waals surface area contributed by atoms with Crippen molar-refractivity contribution in [3.05, 3.63) is 16.1 Å². The molecule has 1 aliphatic carbocycles. The first-order chi connectivity index (χ1) is 9.60. The number of aryl methyl sites for hydroxylation is 1. The molecule has 0 aliphatic heterocycles. The monoisotopic (exact) mass is 294 g/mol. The van der Waals surface area contributed by atoms with Crippen LogP contribution in [-0.4, -0.2) is 29.3 Å². The van der Waals surface area contributed by atoms with E-state index < -0.39 is 0 Å². The summed E-state index contributed by atoms with van der Waals surface area (Å²) >= 11 is 1.71. The number of ketones is 1. The first-order valence-corrected chi connectivity index (χ1v) is 8.58. The molecule has 0 amide bonds. The smallest absolute Gasteiger partial charge is 0.137 e. The van der Waals surface area contributed by atoms with Crippen LogP contribution in [0.5, 0.6) is 0 Å². The SMILES string of the molecule is CCCC1CCC(=O)C(CN(C)Cc2scnc2C)C1. The molecule has 0 aromatic carbocycles. The van der Waals surface area contributed by atoms with Gasteiger partial charge in [-0.25, -0.2) is 4.98 Å². The second-order valence-corrected chi connectivity index (χ2v) is 7.09. The van der Waals surface area contributed by atoms with Crippen LogP contribution in [-0.2, 0) is 11.3 Å². The molecule has 4 heteroatoms. The van der Waals surface area contributed by atoms with Gasteiger partial charge in [-0.05, 0) is 32.7 Å². The number of aromatic nitrogens is 1. The van der Waals surface area contributed by atoms with Gasteiger partial charge in [-0.2, -0.15) is 0 Å². The summed E-state index contributed by atoms with van der Waals surface area (Å²) in [5.74, 6) is 1.49. The van der Waals surface area contributed by atoms with Crippen LogP contribution in [0.2, 0.25) is 0 Å². The Morgan fingerprint density at radius 2 is 2.30 bits per heavy atom. The minimum atomic E-state index is 0.249. The van der Waals surface area contributed by atoms with Crippen LogP contribution >= 0.6 is 11.3 Å². The lowest BCUT2D eigenvalue weighted by atomic mass is 9.78. The van der Waals surface area contributed by atoms with E-state index in [0.717, 1.165) is 44.0 Å². The van der Waals surface area contributed by atoms with E-state index in [-0.39, 0.29) is 5.92 Å². The molecule has 0 N–H and O–H groups in total. The number of Topliss-reactive ketones (excluding diaryl/α,β-unsaturated/α-hetero) is 1. The third-order valence-electron chi connectivity index (χ3n) is 4.36. The Morgan fingerprint density at radius 1 is 1.50 bits per heavy atom. The topological polar surface area (TPSA) is 33.2 Å². The zero-order chi connectivity index (χ0) is 14.5.